The molecule has 1 N–H and O–H groups in total. The highest BCUT2D eigenvalue weighted by atomic mass is 16.1. The molecule has 0 aliphatic carbocycles. The van der Waals surface area contributed by atoms with E-state index in [-0.39, 0.29) is 11.6 Å². The molecule has 4 aromatic rings. The van der Waals surface area contributed by atoms with Gasteiger partial charge >= 0.3 is 0 Å². The van der Waals surface area contributed by atoms with Crippen LogP contribution in [-0.2, 0) is 6.54 Å². The van der Waals surface area contributed by atoms with E-state index in [1.807, 2.05) is 55.1 Å². The van der Waals surface area contributed by atoms with Crippen LogP contribution < -0.4 is 5.56 Å². The number of hydrogen-bond acceptors (Lipinski definition) is 4. The van der Waals surface area contributed by atoms with Gasteiger partial charge in [-0.25, -0.2) is 9.67 Å². The maximum atomic E-state index is 12.4. The highest BCUT2D eigenvalue weighted by Gasteiger charge is 2.20. The number of para-hydroxylation sites is 2. The van der Waals surface area contributed by atoms with Gasteiger partial charge in [-0.15, -0.1) is 0 Å². The molecule has 2 heterocycles. The molecule has 0 amide bonds. The monoisotopic (exact) mass is 387 g/mol. The second-order valence-electron chi connectivity index (χ2n) is 7.46. The number of aromatic nitrogens is 4. The summed E-state index contributed by atoms with van der Waals surface area (Å²) in [5.41, 5.74) is 4.98. The minimum atomic E-state index is -0.102. The van der Waals surface area contributed by atoms with Crippen LogP contribution in [0.3, 0.4) is 0 Å². The largest absolute Gasteiger partial charge is 0.309 e. The maximum absolute atomic E-state index is 12.4. The molecule has 29 heavy (non-hydrogen) atoms. The van der Waals surface area contributed by atoms with Crippen molar-refractivity contribution in [3.05, 3.63) is 87.7 Å². The Kier molecular flexibility index (Phi) is 5.03. The zero-order chi connectivity index (χ0) is 20.5. The van der Waals surface area contributed by atoms with E-state index in [4.69, 9.17) is 5.10 Å². The second-order valence-corrected chi connectivity index (χ2v) is 7.46. The van der Waals surface area contributed by atoms with Gasteiger partial charge in [-0.05, 0) is 52.1 Å². The summed E-state index contributed by atoms with van der Waals surface area (Å²) in [7, 11) is 2.04. The third kappa shape index (κ3) is 3.59. The van der Waals surface area contributed by atoms with Gasteiger partial charge in [0.05, 0.1) is 28.3 Å². The normalized spacial score (nSPS) is 12.6. The molecule has 6 heteroatoms. The van der Waals surface area contributed by atoms with Crippen molar-refractivity contribution in [1.29, 1.82) is 0 Å². The minimum absolute atomic E-state index is 0.0498. The Hall–Kier alpha value is -3.25. The van der Waals surface area contributed by atoms with E-state index >= 15 is 0 Å². The third-order valence-corrected chi connectivity index (χ3v) is 5.54. The predicted molar refractivity (Wildman–Crippen MR) is 115 cm³/mol. The number of H-pyrrole nitrogens is 1. The summed E-state index contributed by atoms with van der Waals surface area (Å²) >= 11 is 0. The zero-order valence-electron chi connectivity index (χ0n) is 17.2. The Morgan fingerprint density at radius 1 is 1.07 bits per heavy atom. The summed E-state index contributed by atoms with van der Waals surface area (Å²) in [5, 5.41) is 5.35. The molecule has 0 saturated heterocycles. The summed E-state index contributed by atoms with van der Waals surface area (Å²) < 4.78 is 1.99. The van der Waals surface area contributed by atoms with Crippen molar-refractivity contribution in [3.8, 4) is 5.69 Å². The average Bonchev–Trinajstić information content (AvgIpc) is 3.02. The average molecular weight is 387 g/mol. The number of nitrogens with one attached hydrogen (secondary N) is 1. The van der Waals surface area contributed by atoms with Gasteiger partial charge in [0, 0.05) is 17.8 Å². The number of aryl methyl sites for hydroxylation is 1. The lowest BCUT2D eigenvalue weighted by atomic mass is 10.1. The van der Waals surface area contributed by atoms with Crippen LogP contribution in [0.15, 0.2) is 59.4 Å². The van der Waals surface area contributed by atoms with E-state index in [0.29, 0.717) is 17.8 Å². The van der Waals surface area contributed by atoms with Gasteiger partial charge in [0.2, 0.25) is 0 Å². The molecule has 0 saturated carbocycles. The van der Waals surface area contributed by atoms with Crippen LogP contribution in [0, 0.1) is 13.8 Å². The Morgan fingerprint density at radius 3 is 2.52 bits per heavy atom. The van der Waals surface area contributed by atoms with E-state index in [1.165, 1.54) is 5.56 Å². The zero-order valence-corrected chi connectivity index (χ0v) is 17.2. The van der Waals surface area contributed by atoms with Crippen molar-refractivity contribution in [2.75, 3.05) is 7.05 Å². The van der Waals surface area contributed by atoms with E-state index in [1.54, 1.807) is 6.07 Å². The molecule has 0 spiro atoms. The Morgan fingerprint density at radius 2 is 1.76 bits per heavy atom. The fourth-order valence-electron chi connectivity index (χ4n) is 3.62. The van der Waals surface area contributed by atoms with Crippen molar-refractivity contribution in [1.82, 2.24) is 24.6 Å². The first-order chi connectivity index (χ1) is 14.0. The van der Waals surface area contributed by atoms with Crippen molar-refractivity contribution < 1.29 is 0 Å². The Balaban J connectivity index is 1.62. The van der Waals surface area contributed by atoms with E-state index < -0.39 is 0 Å². The summed E-state index contributed by atoms with van der Waals surface area (Å²) in [6.45, 7) is 6.90. The van der Waals surface area contributed by atoms with Crippen LogP contribution in [0.2, 0.25) is 0 Å². The van der Waals surface area contributed by atoms with Gasteiger partial charge in [-0.3, -0.25) is 9.69 Å². The van der Waals surface area contributed by atoms with Crippen molar-refractivity contribution >= 4 is 10.9 Å². The van der Waals surface area contributed by atoms with Gasteiger partial charge in [-0.1, -0.05) is 30.3 Å². The lowest BCUT2D eigenvalue weighted by Gasteiger charge is -2.24. The molecule has 4 rings (SSSR count). The smallest absolute Gasteiger partial charge is 0.258 e. The minimum Gasteiger partial charge on any atom is -0.309 e. The molecule has 2 aromatic carbocycles. The van der Waals surface area contributed by atoms with Crippen LogP contribution in [-0.4, -0.2) is 31.7 Å². The first-order valence-electron chi connectivity index (χ1n) is 9.75. The summed E-state index contributed by atoms with van der Waals surface area (Å²) in [5.74, 6) is 0.668. The summed E-state index contributed by atoms with van der Waals surface area (Å²) in [6, 6.07) is 17.5. The molecule has 1 atom stereocenters. The van der Waals surface area contributed by atoms with Crippen LogP contribution in [0.25, 0.3) is 16.6 Å². The molecule has 0 bridgehead atoms. The maximum Gasteiger partial charge on any atom is 0.258 e. The molecule has 0 aliphatic rings. The number of hydrogen-bond donors (Lipinski definition) is 1. The summed E-state index contributed by atoms with van der Waals surface area (Å²) in [4.78, 5) is 22.2. The number of rotatable bonds is 5. The highest BCUT2D eigenvalue weighted by molar-refractivity contribution is 5.77. The van der Waals surface area contributed by atoms with Crippen molar-refractivity contribution in [2.45, 2.75) is 33.4 Å². The van der Waals surface area contributed by atoms with Gasteiger partial charge in [0.1, 0.15) is 5.82 Å². The SMILES string of the molecule is Cc1nn(-c2ccccc2)c(C)c1CN(C)[C@H](C)c1nc2ccccc2c(=O)[nH]1. The fourth-order valence-corrected chi connectivity index (χ4v) is 3.62. The van der Waals surface area contributed by atoms with E-state index in [2.05, 4.69) is 40.8 Å². The van der Waals surface area contributed by atoms with Gasteiger partial charge in [0.15, 0.2) is 0 Å². The Bertz CT molecular complexity index is 1210. The lowest BCUT2D eigenvalue weighted by Crippen LogP contribution is -2.26. The van der Waals surface area contributed by atoms with Crippen LogP contribution in [0.1, 0.15) is 35.7 Å². The predicted octanol–water partition coefficient (Wildman–Crippen LogP) is 3.92. The van der Waals surface area contributed by atoms with Gasteiger partial charge in [0.25, 0.3) is 5.56 Å². The van der Waals surface area contributed by atoms with Gasteiger partial charge < -0.3 is 4.98 Å². The molecule has 148 valence electrons. The molecule has 0 unspecified atom stereocenters. The fraction of sp³-hybridized carbons (Fsp3) is 0.261. The first-order valence-corrected chi connectivity index (χ1v) is 9.75. The topological polar surface area (TPSA) is 66.8 Å². The van der Waals surface area contributed by atoms with Crippen molar-refractivity contribution in [3.63, 3.8) is 0 Å². The highest BCUT2D eigenvalue weighted by Crippen LogP contribution is 2.23. The van der Waals surface area contributed by atoms with E-state index in [9.17, 15) is 4.79 Å². The molecular weight excluding hydrogens is 362 g/mol. The molecule has 2 aromatic heterocycles. The standard InChI is InChI=1S/C23H25N5O/c1-15-20(16(2)28(26-15)18-10-6-5-7-11-18)14-27(4)17(3)22-24-21-13-9-8-12-19(21)23(29)25-22/h5-13,17H,14H2,1-4H3,(H,24,25,29)/t17-/m1/s1. The van der Waals surface area contributed by atoms with Gasteiger partial charge in [-0.2, -0.15) is 5.10 Å². The second kappa shape index (κ2) is 7.64. The number of benzene rings is 2. The van der Waals surface area contributed by atoms with E-state index in [0.717, 1.165) is 22.6 Å². The number of nitrogens with zero attached hydrogens (tertiary/aromatic N) is 4. The molecule has 6 nitrogen and oxygen atoms in total. The number of aromatic amines is 1. The molecule has 0 radical (unpaired) electrons. The third-order valence-electron chi connectivity index (χ3n) is 5.54. The molecule has 0 aliphatic heterocycles. The Labute approximate surface area is 169 Å². The van der Waals surface area contributed by atoms with Crippen LogP contribution in [0.4, 0.5) is 0 Å². The number of fused-ring (bicyclic) bond motifs is 1. The summed E-state index contributed by atoms with van der Waals surface area (Å²) in [6.07, 6.45) is 0. The van der Waals surface area contributed by atoms with Crippen molar-refractivity contribution in [2.24, 2.45) is 0 Å². The van der Waals surface area contributed by atoms with Crippen LogP contribution in [0.5, 0.6) is 0 Å². The molecule has 0 fully saturated rings. The lowest BCUT2D eigenvalue weighted by molar-refractivity contribution is 0.243. The first kappa shape index (κ1) is 19.1. The van der Waals surface area contributed by atoms with Crippen LogP contribution >= 0.6 is 0 Å². The molecular formula is C23H25N5O. The quantitative estimate of drug-likeness (QED) is 0.564.